The molecule has 3 rings (SSSR count). The van der Waals surface area contributed by atoms with Crippen LogP contribution >= 0.6 is 15.9 Å². The second kappa shape index (κ2) is 10.4. The number of carbonyl (C=O) groups is 1. The topological polar surface area (TPSA) is 53.6 Å². The summed E-state index contributed by atoms with van der Waals surface area (Å²) >= 11 is 3.38. The Bertz CT molecular complexity index is 823. The van der Waals surface area contributed by atoms with Crippen molar-refractivity contribution in [2.75, 3.05) is 44.7 Å². The van der Waals surface area contributed by atoms with Gasteiger partial charge in [-0.15, -0.1) is 0 Å². The second-order valence-corrected chi connectivity index (χ2v) is 7.87. The van der Waals surface area contributed by atoms with Crippen molar-refractivity contribution in [3.05, 3.63) is 64.1 Å². The van der Waals surface area contributed by atoms with Crippen molar-refractivity contribution >= 4 is 27.5 Å². The molecule has 1 amide bonds. The van der Waals surface area contributed by atoms with Crippen molar-refractivity contribution in [1.82, 2.24) is 10.2 Å². The van der Waals surface area contributed by atoms with Crippen LogP contribution < -0.4 is 10.6 Å². The van der Waals surface area contributed by atoms with Gasteiger partial charge in [-0.1, -0.05) is 28.1 Å². The van der Waals surface area contributed by atoms with E-state index in [1.165, 1.54) is 12.1 Å². The normalized spacial score (nSPS) is 16.3. The van der Waals surface area contributed by atoms with Crippen LogP contribution in [0.2, 0.25) is 0 Å². The minimum Gasteiger partial charge on any atom is -0.379 e. The average molecular weight is 486 g/mol. The van der Waals surface area contributed by atoms with E-state index < -0.39 is 17.8 Å². The van der Waals surface area contributed by atoms with Crippen LogP contribution in [-0.4, -0.2) is 50.2 Å². The Hall–Kier alpha value is -1.94. The van der Waals surface area contributed by atoms with Crippen LogP contribution in [0, 0.1) is 0 Å². The van der Waals surface area contributed by atoms with E-state index in [0.29, 0.717) is 25.4 Å². The molecule has 5 nitrogen and oxygen atoms in total. The summed E-state index contributed by atoms with van der Waals surface area (Å²) in [5.41, 5.74) is 0.322. The molecule has 2 aromatic carbocycles. The summed E-state index contributed by atoms with van der Waals surface area (Å²) < 4.78 is 44.5. The maximum Gasteiger partial charge on any atom is 0.416 e. The molecule has 0 spiro atoms. The Morgan fingerprint density at radius 3 is 2.30 bits per heavy atom. The molecule has 1 unspecified atom stereocenters. The quantitative estimate of drug-likeness (QED) is 0.620. The van der Waals surface area contributed by atoms with Gasteiger partial charge in [0.05, 0.1) is 18.8 Å². The van der Waals surface area contributed by atoms with Crippen molar-refractivity contribution in [3.8, 4) is 0 Å². The molecule has 162 valence electrons. The Labute approximate surface area is 181 Å². The summed E-state index contributed by atoms with van der Waals surface area (Å²) in [6.07, 6.45) is -4.41. The number of morpholine rings is 1. The van der Waals surface area contributed by atoms with Crippen LogP contribution in [-0.2, 0) is 15.7 Å². The predicted molar refractivity (Wildman–Crippen MR) is 112 cm³/mol. The Morgan fingerprint density at radius 1 is 1.07 bits per heavy atom. The fourth-order valence-electron chi connectivity index (χ4n) is 3.17. The zero-order valence-corrected chi connectivity index (χ0v) is 17.8. The maximum absolute atomic E-state index is 12.9. The lowest BCUT2D eigenvalue weighted by atomic mass is 10.1. The first-order valence-electron chi connectivity index (χ1n) is 9.60. The van der Waals surface area contributed by atoms with Gasteiger partial charge in [0.25, 0.3) is 0 Å². The van der Waals surface area contributed by atoms with E-state index in [9.17, 15) is 18.0 Å². The third kappa shape index (κ3) is 6.53. The van der Waals surface area contributed by atoms with Crippen LogP contribution in [0.15, 0.2) is 53.0 Å². The molecule has 1 saturated heterocycles. The number of carbonyl (C=O) groups excluding carboxylic acids is 1. The van der Waals surface area contributed by atoms with Gasteiger partial charge in [-0.2, -0.15) is 13.2 Å². The van der Waals surface area contributed by atoms with E-state index in [4.69, 9.17) is 4.74 Å². The van der Waals surface area contributed by atoms with Crippen molar-refractivity contribution < 1.29 is 22.7 Å². The maximum atomic E-state index is 12.9. The summed E-state index contributed by atoms with van der Waals surface area (Å²) in [6.45, 7) is 4.45. The zero-order chi connectivity index (χ0) is 21.6. The van der Waals surface area contributed by atoms with E-state index in [2.05, 4.69) is 31.5 Å². The highest BCUT2D eigenvalue weighted by Gasteiger charge is 2.30. The van der Waals surface area contributed by atoms with E-state index in [1.54, 1.807) is 0 Å². The Morgan fingerprint density at radius 2 is 1.70 bits per heavy atom. The number of benzene rings is 2. The number of hydrogen-bond donors (Lipinski definition) is 2. The molecule has 9 heteroatoms. The van der Waals surface area contributed by atoms with Gasteiger partial charge in [-0.3, -0.25) is 9.69 Å². The number of nitrogens with one attached hydrogen (secondary N) is 2. The van der Waals surface area contributed by atoms with Gasteiger partial charge in [-0.05, 0) is 42.0 Å². The highest BCUT2D eigenvalue weighted by molar-refractivity contribution is 9.10. The molecular weight excluding hydrogens is 463 g/mol. The molecule has 30 heavy (non-hydrogen) atoms. The summed E-state index contributed by atoms with van der Waals surface area (Å²) in [5.74, 6) is -0.334. The third-order valence-electron chi connectivity index (χ3n) is 4.83. The van der Waals surface area contributed by atoms with Gasteiger partial charge < -0.3 is 15.4 Å². The van der Waals surface area contributed by atoms with Crippen LogP contribution in [0.5, 0.6) is 0 Å². The number of ether oxygens (including phenoxy) is 1. The van der Waals surface area contributed by atoms with E-state index >= 15 is 0 Å². The molecule has 1 atom stereocenters. The molecule has 0 radical (unpaired) electrons. The Balaban J connectivity index is 1.67. The number of hydrogen-bond acceptors (Lipinski definition) is 4. The zero-order valence-electron chi connectivity index (χ0n) is 16.2. The van der Waals surface area contributed by atoms with Gasteiger partial charge in [0.2, 0.25) is 5.91 Å². The van der Waals surface area contributed by atoms with Crippen LogP contribution in [0.1, 0.15) is 17.2 Å². The van der Waals surface area contributed by atoms with Gasteiger partial charge in [0.15, 0.2) is 0 Å². The monoisotopic (exact) mass is 485 g/mol. The SMILES string of the molecule is O=C(Nc1ccc(C(F)(F)F)cc1)C(NCCN1CCOCC1)c1ccc(Br)cc1. The molecule has 1 aliphatic heterocycles. The first-order valence-corrected chi connectivity index (χ1v) is 10.4. The van der Waals surface area contributed by atoms with E-state index in [1.807, 2.05) is 24.3 Å². The smallest absolute Gasteiger partial charge is 0.379 e. The lowest BCUT2D eigenvalue weighted by Gasteiger charge is -2.27. The molecule has 1 aliphatic rings. The fraction of sp³-hybridized carbons (Fsp3) is 0.381. The number of amides is 1. The molecule has 1 fully saturated rings. The molecule has 2 N–H and O–H groups in total. The Kier molecular flexibility index (Phi) is 7.87. The van der Waals surface area contributed by atoms with Crippen molar-refractivity contribution in [1.29, 1.82) is 0 Å². The summed E-state index contributed by atoms with van der Waals surface area (Å²) in [7, 11) is 0. The van der Waals surface area contributed by atoms with Crippen molar-refractivity contribution in [3.63, 3.8) is 0 Å². The van der Waals surface area contributed by atoms with Crippen molar-refractivity contribution in [2.24, 2.45) is 0 Å². The number of alkyl halides is 3. The van der Waals surface area contributed by atoms with Gasteiger partial charge >= 0.3 is 6.18 Å². The highest BCUT2D eigenvalue weighted by Crippen LogP contribution is 2.30. The summed E-state index contributed by atoms with van der Waals surface area (Å²) in [5, 5.41) is 5.98. The predicted octanol–water partition coefficient (Wildman–Crippen LogP) is 4.07. The molecule has 0 aliphatic carbocycles. The lowest BCUT2D eigenvalue weighted by molar-refractivity contribution is -0.137. The van der Waals surface area contributed by atoms with Crippen molar-refractivity contribution in [2.45, 2.75) is 12.2 Å². The van der Waals surface area contributed by atoms with Crippen LogP contribution in [0.4, 0.5) is 18.9 Å². The average Bonchev–Trinajstić information content (AvgIpc) is 2.72. The minimum atomic E-state index is -4.41. The number of nitrogens with zero attached hydrogens (tertiary/aromatic N) is 1. The first kappa shape index (κ1) is 22.7. The molecule has 0 saturated carbocycles. The number of rotatable bonds is 7. The summed E-state index contributed by atoms with van der Waals surface area (Å²) in [4.78, 5) is 15.2. The number of anilines is 1. The molecule has 0 aromatic heterocycles. The van der Waals surface area contributed by atoms with Crippen LogP contribution in [0.25, 0.3) is 0 Å². The largest absolute Gasteiger partial charge is 0.416 e. The molecular formula is C21H23BrF3N3O2. The highest BCUT2D eigenvalue weighted by atomic mass is 79.9. The molecule has 2 aromatic rings. The van der Waals surface area contributed by atoms with Crippen LogP contribution in [0.3, 0.4) is 0 Å². The fourth-order valence-corrected chi connectivity index (χ4v) is 3.43. The number of halogens is 4. The third-order valence-corrected chi connectivity index (χ3v) is 5.35. The van der Waals surface area contributed by atoms with E-state index in [-0.39, 0.29) is 5.91 Å². The van der Waals surface area contributed by atoms with Gasteiger partial charge in [0, 0.05) is 36.3 Å². The summed E-state index contributed by atoms with van der Waals surface area (Å²) in [6, 6.07) is 11.1. The van der Waals surface area contributed by atoms with Gasteiger partial charge in [-0.25, -0.2) is 0 Å². The second-order valence-electron chi connectivity index (χ2n) is 6.96. The van der Waals surface area contributed by atoms with E-state index in [0.717, 1.165) is 41.8 Å². The standard InChI is InChI=1S/C21H23BrF3N3O2/c22-17-5-1-15(2-6-17)19(26-9-10-28-11-13-30-14-12-28)20(29)27-18-7-3-16(4-8-18)21(23,24)25/h1-8,19,26H,9-14H2,(H,27,29). The van der Waals surface area contributed by atoms with Gasteiger partial charge in [0.1, 0.15) is 6.04 Å². The molecule has 0 bridgehead atoms. The minimum absolute atomic E-state index is 0.310. The first-order chi connectivity index (χ1) is 14.3. The molecule has 1 heterocycles. The lowest BCUT2D eigenvalue weighted by Crippen LogP contribution is -2.42.